The number of fused-ring (bicyclic) bond motifs is 12. The quantitative estimate of drug-likeness (QED) is 0.119. The Balaban J connectivity index is 0.000000141. The summed E-state index contributed by atoms with van der Waals surface area (Å²) in [5, 5.41) is 4.27. The Morgan fingerprint density at radius 2 is 0.455 bits per heavy atom. The van der Waals surface area contributed by atoms with Crippen molar-refractivity contribution in [3.05, 3.63) is 445 Å². The summed E-state index contributed by atoms with van der Waals surface area (Å²) >= 11 is 0. The third-order valence-corrected chi connectivity index (χ3v) is 22.5. The SMILES string of the molecule is c1ccc(-c2nc(-c3ccccc3)nc(-c3cccc(-c4cccc5oc6cc(C7(c8ccccc8)c8ccccc8-c8ccccc87)ccc6c45)c3)n2)cc1.c1ccc(-c2nc(-c3ccccc3)nc(-c3ccccc3-c3cccc4oc5cc(C6(c7ccccc7)c7ccccc7-c7ccccc76)ccc5c34)n2)cc1. The molecule has 0 N–H and O–H groups in total. The maximum absolute atomic E-state index is 6.83. The van der Waals surface area contributed by atoms with E-state index in [-0.39, 0.29) is 0 Å². The Hall–Kier alpha value is -14.9. The van der Waals surface area contributed by atoms with Gasteiger partial charge in [0.15, 0.2) is 34.9 Å². The molecule has 22 rings (SSSR count). The molecule has 4 aromatic heterocycles. The van der Waals surface area contributed by atoms with E-state index in [1.165, 1.54) is 66.8 Å². The number of hydrogen-bond acceptors (Lipinski definition) is 8. The largest absolute Gasteiger partial charge is 0.456 e. The van der Waals surface area contributed by atoms with Crippen LogP contribution in [0.3, 0.4) is 0 Å². The van der Waals surface area contributed by atoms with Crippen LogP contribution in [-0.4, -0.2) is 29.9 Å². The Bertz CT molecular complexity index is 6800. The second-order valence-electron chi connectivity index (χ2n) is 28.6. The molecule has 8 nitrogen and oxygen atoms in total. The van der Waals surface area contributed by atoms with Gasteiger partial charge in [0.1, 0.15) is 22.3 Å². The molecule has 0 saturated heterocycles. The van der Waals surface area contributed by atoms with E-state index in [4.69, 9.17) is 38.7 Å². The van der Waals surface area contributed by atoms with Gasteiger partial charge in [0.2, 0.25) is 0 Å². The molecule has 524 valence electrons. The predicted molar refractivity (Wildman–Crippen MR) is 452 cm³/mol. The first-order valence-electron chi connectivity index (χ1n) is 37.9. The van der Waals surface area contributed by atoms with E-state index >= 15 is 0 Å². The van der Waals surface area contributed by atoms with Crippen molar-refractivity contribution in [2.45, 2.75) is 10.8 Å². The molecule has 2 aliphatic rings. The van der Waals surface area contributed by atoms with Crippen LogP contribution in [0.1, 0.15) is 44.5 Å². The lowest BCUT2D eigenvalue weighted by atomic mass is 9.67. The molecule has 20 aromatic rings. The monoisotopic (exact) mass is 1430 g/mol. The second kappa shape index (κ2) is 27.1. The molecule has 0 unspecified atom stereocenters. The smallest absolute Gasteiger partial charge is 0.164 e. The normalized spacial score (nSPS) is 12.8. The van der Waals surface area contributed by atoms with E-state index in [1.807, 2.05) is 127 Å². The first-order valence-corrected chi connectivity index (χ1v) is 37.9. The van der Waals surface area contributed by atoms with Crippen LogP contribution in [-0.2, 0) is 10.8 Å². The third kappa shape index (κ3) is 10.7. The highest BCUT2D eigenvalue weighted by atomic mass is 16.3. The summed E-state index contributed by atoms with van der Waals surface area (Å²) in [6, 6.07) is 141. The van der Waals surface area contributed by atoms with Gasteiger partial charge in [-0.2, -0.15) is 0 Å². The topological polar surface area (TPSA) is 104 Å². The van der Waals surface area contributed by atoms with Gasteiger partial charge in [0.25, 0.3) is 0 Å². The highest BCUT2D eigenvalue weighted by molar-refractivity contribution is 6.15. The highest BCUT2D eigenvalue weighted by Crippen LogP contribution is 2.59. The standard InChI is InChI=1S/2C52H33N3O/c1-4-16-34(17-5-1)49-53-50(35-18-6-2-7-19-35)55-51(54-49)37-21-14-20-36(32-37)40-26-15-29-46-48(40)43-31-30-39(33-47(43)56-46)52(38-22-8-3-9-23-38)44-27-12-10-24-41(44)42-25-11-13-28-45(42)52;1-4-17-34(18-5-1)49-53-50(35-19-6-2-7-20-35)55-51(54-49)42-26-11-10-23-38(42)41-27-16-30-46-48(41)43-32-31-37(33-47(43)56-46)52(36-21-8-3-9-22-36)44-28-14-12-24-39(44)40-25-13-15-29-45(40)52/h2*1-33H. The maximum Gasteiger partial charge on any atom is 0.164 e. The molecule has 112 heavy (non-hydrogen) atoms. The fraction of sp³-hybridized carbons (Fsp3) is 0.0192. The van der Waals surface area contributed by atoms with Gasteiger partial charge >= 0.3 is 0 Å². The summed E-state index contributed by atoms with van der Waals surface area (Å²) < 4.78 is 13.6. The number of hydrogen-bond donors (Lipinski definition) is 0. The van der Waals surface area contributed by atoms with Crippen molar-refractivity contribution < 1.29 is 8.83 Å². The first-order chi connectivity index (χ1) is 55.5. The van der Waals surface area contributed by atoms with E-state index in [0.29, 0.717) is 34.9 Å². The van der Waals surface area contributed by atoms with Gasteiger partial charge in [-0.25, -0.2) is 29.9 Å². The van der Waals surface area contributed by atoms with Gasteiger partial charge in [-0.1, -0.05) is 370 Å². The molecule has 0 saturated carbocycles. The Labute approximate surface area is 647 Å². The Morgan fingerprint density at radius 1 is 0.170 bits per heavy atom. The first kappa shape index (κ1) is 65.4. The summed E-state index contributed by atoms with van der Waals surface area (Å²) in [6.45, 7) is 0. The molecule has 0 radical (unpaired) electrons. The van der Waals surface area contributed by atoms with Gasteiger partial charge in [0, 0.05) is 54.9 Å². The molecule has 0 atom stereocenters. The van der Waals surface area contributed by atoms with Crippen molar-refractivity contribution in [1.29, 1.82) is 0 Å². The summed E-state index contributed by atoms with van der Waals surface area (Å²) in [5.41, 5.74) is 27.2. The van der Waals surface area contributed by atoms with Crippen molar-refractivity contribution in [2.75, 3.05) is 0 Å². The Kier molecular flexibility index (Phi) is 15.8. The van der Waals surface area contributed by atoms with Gasteiger partial charge in [-0.05, 0) is 119 Å². The third-order valence-electron chi connectivity index (χ3n) is 22.5. The molecule has 8 heteroatoms. The van der Waals surface area contributed by atoms with Crippen LogP contribution in [0.2, 0.25) is 0 Å². The van der Waals surface area contributed by atoms with Crippen molar-refractivity contribution in [3.8, 4) is 113 Å². The van der Waals surface area contributed by atoms with Gasteiger partial charge in [-0.3, -0.25) is 0 Å². The fourth-order valence-corrected chi connectivity index (χ4v) is 17.6. The highest BCUT2D eigenvalue weighted by Gasteiger charge is 2.48. The van der Waals surface area contributed by atoms with Gasteiger partial charge < -0.3 is 8.83 Å². The molecule has 0 aliphatic heterocycles. The minimum atomic E-state index is -0.511. The van der Waals surface area contributed by atoms with Crippen molar-refractivity contribution in [3.63, 3.8) is 0 Å². The average Bonchev–Trinajstić information content (AvgIpc) is 1.54. The van der Waals surface area contributed by atoms with E-state index in [9.17, 15) is 0 Å². The molecule has 16 aromatic carbocycles. The zero-order valence-electron chi connectivity index (χ0n) is 60.6. The van der Waals surface area contributed by atoms with E-state index in [0.717, 1.165) is 99.5 Å². The molecule has 0 bridgehead atoms. The second-order valence-corrected chi connectivity index (χ2v) is 28.6. The molecule has 2 aliphatic carbocycles. The minimum absolute atomic E-state index is 0.499. The summed E-state index contributed by atoms with van der Waals surface area (Å²) in [7, 11) is 0. The number of benzene rings is 16. The van der Waals surface area contributed by atoms with Gasteiger partial charge in [-0.15, -0.1) is 0 Å². The lowest BCUT2D eigenvalue weighted by Crippen LogP contribution is -2.28. The van der Waals surface area contributed by atoms with Crippen molar-refractivity contribution in [2.24, 2.45) is 0 Å². The number of rotatable bonds is 12. The van der Waals surface area contributed by atoms with Crippen molar-refractivity contribution >= 4 is 43.9 Å². The van der Waals surface area contributed by atoms with Crippen molar-refractivity contribution in [1.82, 2.24) is 29.9 Å². The van der Waals surface area contributed by atoms with Crippen LogP contribution in [0.4, 0.5) is 0 Å². The maximum atomic E-state index is 6.83. The number of aromatic nitrogens is 6. The zero-order valence-corrected chi connectivity index (χ0v) is 60.6. The predicted octanol–water partition coefficient (Wildman–Crippen LogP) is 25.6. The molecule has 4 heterocycles. The lowest BCUT2D eigenvalue weighted by molar-refractivity contribution is 0.665. The minimum Gasteiger partial charge on any atom is -0.456 e. The fourth-order valence-electron chi connectivity index (χ4n) is 17.6. The summed E-state index contributed by atoms with van der Waals surface area (Å²) in [6.07, 6.45) is 0. The van der Waals surface area contributed by atoms with E-state index in [1.54, 1.807) is 0 Å². The Morgan fingerprint density at radius 3 is 0.857 bits per heavy atom. The zero-order chi connectivity index (χ0) is 74.1. The lowest BCUT2D eigenvalue weighted by Gasteiger charge is -2.33. The van der Waals surface area contributed by atoms with Crippen LogP contribution in [0, 0.1) is 0 Å². The van der Waals surface area contributed by atoms with Crippen LogP contribution in [0.15, 0.2) is 409 Å². The van der Waals surface area contributed by atoms with E-state index < -0.39 is 10.8 Å². The van der Waals surface area contributed by atoms with Crippen LogP contribution < -0.4 is 0 Å². The molecular formula is C104H66N6O2. The summed E-state index contributed by atoms with van der Waals surface area (Å²) in [5.74, 6) is 3.77. The van der Waals surface area contributed by atoms with Gasteiger partial charge in [0.05, 0.1) is 10.8 Å². The number of nitrogens with zero attached hydrogens (tertiary/aromatic N) is 6. The van der Waals surface area contributed by atoms with E-state index in [2.05, 4.69) is 273 Å². The van der Waals surface area contributed by atoms with Crippen LogP contribution >= 0.6 is 0 Å². The number of furan rings is 2. The molecule has 0 fully saturated rings. The molecular weight excluding hydrogens is 1370 g/mol. The summed E-state index contributed by atoms with van der Waals surface area (Å²) in [4.78, 5) is 30.1. The molecule has 0 amide bonds. The van der Waals surface area contributed by atoms with Crippen LogP contribution in [0.25, 0.3) is 157 Å². The average molecular weight is 1430 g/mol. The van der Waals surface area contributed by atoms with Crippen LogP contribution in [0.5, 0.6) is 0 Å². The molecule has 0 spiro atoms.